The third-order valence-electron chi connectivity index (χ3n) is 6.94. The molecule has 0 amide bonds. The zero-order valence-corrected chi connectivity index (χ0v) is 18.0. The molecular formula is C28H32N2. The van der Waals surface area contributed by atoms with Crippen molar-refractivity contribution < 1.29 is 0 Å². The summed E-state index contributed by atoms with van der Waals surface area (Å²) in [4.78, 5) is 5.43. The molecule has 1 heterocycles. The molecule has 30 heavy (non-hydrogen) atoms. The summed E-state index contributed by atoms with van der Waals surface area (Å²) in [7, 11) is 0. The second-order valence-electron chi connectivity index (χ2n) is 9.07. The van der Waals surface area contributed by atoms with Gasteiger partial charge in [-0.15, -0.1) is 0 Å². The van der Waals surface area contributed by atoms with Crippen LogP contribution in [0, 0.1) is 6.92 Å². The van der Waals surface area contributed by atoms with E-state index >= 15 is 0 Å². The maximum atomic E-state index is 2.72. The minimum absolute atomic E-state index is 0.559. The van der Waals surface area contributed by atoms with Crippen molar-refractivity contribution in [3.63, 3.8) is 0 Å². The monoisotopic (exact) mass is 396 g/mol. The molecule has 2 heteroatoms. The summed E-state index contributed by atoms with van der Waals surface area (Å²) < 4.78 is 0. The van der Waals surface area contributed by atoms with E-state index in [2.05, 4.69) is 95.6 Å². The highest BCUT2D eigenvalue weighted by molar-refractivity contribution is 5.52. The summed E-state index contributed by atoms with van der Waals surface area (Å²) in [6.07, 6.45) is 4.93. The molecule has 0 saturated carbocycles. The number of anilines is 1. The quantitative estimate of drug-likeness (QED) is 0.532. The van der Waals surface area contributed by atoms with E-state index in [1.165, 1.54) is 47.3 Å². The first-order valence-corrected chi connectivity index (χ1v) is 11.4. The Kier molecular flexibility index (Phi) is 5.59. The lowest BCUT2D eigenvalue weighted by molar-refractivity contribution is 0.244. The number of hydrogen-bond acceptors (Lipinski definition) is 2. The van der Waals surface area contributed by atoms with Crippen molar-refractivity contribution in [1.82, 2.24) is 4.90 Å². The van der Waals surface area contributed by atoms with Gasteiger partial charge in [0.2, 0.25) is 0 Å². The van der Waals surface area contributed by atoms with Crippen LogP contribution in [0.1, 0.15) is 35.1 Å². The molecule has 1 unspecified atom stereocenters. The average molecular weight is 397 g/mol. The van der Waals surface area contributed by atoms with E-state index in [1.54, 1.807) is 0 Å². The zero-order chi connectivity index (χ0) is 20.3. The van der Waals surface area contributed by atoms with Crippen molar-refractivity contribution in [1.29, 1.82) is 0 Å². The molecule has 2 nitrogen and oxygen atoms in total. The fraction of sp³-hybridized carbons (Fsp3) is 0.357. The van der Waals surface area contributed by atoms with E-state index < -0.39 is 0 Å². The summed E-state index contributed by atoms with van der Waals surface area (Å²) >= 11 is 0. The Balaban J connectivity index is 1.38. The van der Waals surface area contributed by atoms with E-state index in [0.29, 0.717) is 12.1 Å². The van der Waals surface area contributed by atoms with E-state index in [4.69, 9.17) is 0 Å². The summed E-state index contributed by atoms with van der Waals surface area (Å²) in [6, 6.07) is 30.3. The molecule has 3 aromatic rings. The van der Waals surface area contributed by atoms with Crippen LogP contribution in [0.5, 0.6) is 0 Å². The predicted molar refractivity (Wildman–Crippen MR) is 126 cm³/mol. The number of aryl methyl sites for hydroxylation is 1. The summed E-state index contributed by atoms with van der Waals surface area (Å²) in [6.45, 7) is 5.61. The summed E-state index contributed by atoms with van der Waals surface area (Å²) in [5, 5.41) is 0. The van der Waals surface area contributed by atoms with Crippen LogP contribution in [-0.4, -0.2) is 30.1 Å². The van der Waals surface area contributed by atoms with E-state index in [9.17, 15) is 0 Å². The van der Waals surface area contributed by atoms with Crippen LogP contribution < -0.4 is 4.90 Å². The highest BCUT2D eigenvalue weighted by Crippen LogP contribution is 2.31. The number of rotatable bonds is 6. The maximum absolute atomic E-state index is 2.72. The van der Waals surface area contributed by atoms with Crippen LogP contribution >= 0.6 is 0 Å². The van der Waals surface area contributed by atoms with Gasteiger partial charge in [0.25, 0.3) is 0 Å². The van der Waals surface area contributed by atoms with Crippen molar-refractivity contribution in [3.05, 3.63) is 101 Å². The van der Waals surface area contributed by atoms with Crippen LogP contribution in [-0.2, 0) is 19.4 Å². The Morgan fingerprint density at radius 3 is 2.33 bits per heavy atom. The van der Waals surface area contributed by atoms with Gasteiger partial charge in [-0.25, -0.2) is 0 Å². The molecule has 0 N–H and O–H groups in total. The van der Waals surface area contributed by atoms with Crippen LogP contribution in [0.2, 0.25) is 0 Å². The molecule has 1 aliphatic carbocycles. The number of likely N-dealkylation sites (tertiary alicyclic amines) is 1. The fourth-order valence-corrected chi connectivity index (χ4v) is 5.38. The topological polar surface area (TPSA) is 6.48 Å². The van der Waals surface area contributed by atoms with E-state index in [-0.39, 0.29) is 0 Å². The van der Waals surface area contributed by atoms with Crippen LogP contribution in [0.3, 0.4) is 0 Å². The molecule has 154 valence electrons. The van der Waals surface area contributed by atoms with Gasteiger partial charge in [-0.3, -0.25) is 4.90 Å². The second kappa shape index (κ2) is 8.65. The molecule has 1 fully saturated rings. The van der Waals surface area contributed by atoms with Crippen LogP contribution in [0.4, 0.5) is 5.69 Å². The van der Waals surface area contributed by atoms with Gasteiger partial charge >= 0.3 is 0 Å². The normalized spacial score (nSPS) is 19.2. The first kappa shape index (κ1) is 19.4. The van der Waals surface area contributed by atoms with Crippen molar-refractivity contribution in [2.24, 2.45) is 0 Å². The third kappa shape index (κ3) is 4.15. The van der Waals surface area contributed by atoms with Crippen molar-refractivity contribution >= 4 is 5.69 Å². The smallest absolute Gasteiger partial charge is 0.0372 e. The molecule has 0 bridgehead atoms. The van der Waals surface area contributed by atoms with Gasteiger partial charge in [-0.2, -0.15) is 0 Å². The first-order chi connectivity index (χ1) is 14.8. The van der Waals surface area contributed by atoms with Gasteiger partial charge in [0, 0.05) is 30.9 Å². The number of fused-ring (bicyclic) bond motifs is 1. The van der Waals surface area contributed by atoms with Crippen molar-refractivity contribution in [3.8, 4) is 0 Å². The molecular weight excluding hydrogens is 364 g/mol. The Bertz CT molecular complexity index is 956. The summed E-state index contributed by atoms with van der Waals surface area (Å²) in [5.74, 6) is 0. The molecule has 1 aliphatic heterocycles. The van der Waals surface area contributed by atoms with Gasteiger partial charge in [0.05, 0.1) is 0 Å². The Hall–Kier alpha value is -2.58. The fourth-order valence-electron chi connectivity index (χ4n) is 5.38. The molecule has 3 aromatic carbocycles. The first-order valence-electron chi connectivity index (χ1n) is 11.4. The molecule has 1 saturated heterocycles. The zero-order valence-electron chi connectivity index (χ0n) is 18.0. The second-order valence-corrected chi connectivity index (χ2v) is 9.07. The van der Waals surface area contributed by atoms with Gasteiger partial charge < -0.3 is 4.90 Å². The van der Waals surface area contributed by atoms with Gasteiger partial charge in [-0.1, -0.05) is 66.7 Å². The minimum Gasteiger partial charge on any atom is -0.366 e. The maximum Gasteiger partial charge on any atom is 0.0372 e. The molecule has 0 spiro atoms. The van der Waals surface area contributed by atoms with Crippen molar-refractivity contribution in [2.45, 2.75) is 51.2 Å². The minimum atomic E-state index is 0.559. The molecule has 2 aliphatic rings. The molecule has 0 radical (unpaired) electrons. The lowest BCUT2D eigenvalue weighted by Crippen LogP contribution is -2.45. The standard InChI is InChI=1S/C28H32N2/c1-22-9-7-14-26(17-22)30(28-18-24-12-5-6-13-25(24)19-28)21-27-15-8-16-29(27)20-23-10-3-2-4-11-23/h2-7,9-14,17,27-28H,8,15-16,18-21H2,1H3. The predicted octanol–water partition coefficient (Wildman–Crippen LogP) is 5.63. The molecule has 1 atom stereocenters. The van der Waals surface area contributed by atoms with Crippen molar-refractivity contribution in [2.75, 3.05) is 18.0 Å². The Morgan fingerprint density at radius 1 is 0.867 bits per heavy atom. The van der Waals surface area contributed by atoms with Gasteiger partial charge in [0.1, 0.15) is 0 Å². The summed E-state index contributed by atoms with van der Waals surface area (Å²) in [5.41, 5.74) is 7.24. The Morgan fingerprint density at radius 2 is 1.60 bits per heavy atom. The number of benzene rings is 3. The van der Waals surface area contributed by atoms with Crippen LogP contribution in [0.25, 0.3) is 0 Å². The highest BCUT2D eigenvalue weighted by atomic mass is 15.2. The lowest BCUT2D eigenvalue weighted by atomic mass is 10.1. The molecule has 0 aromatic heterocycles. The van der Waals surface area contributed by atoms with Gasteiger partial charge in [0.15, 0.2) is 0 Å². The average Bonchev–Trinajstić information content (AvgIpc) is 3.39. The third-order valence-corrected chi connectivity index (χ3v) is 6.94. The highest BCUT2D eigenvalue weighted by Gasteiger charge is 2.32. The van der Waals surface area contributed by atoms with E-state index in [0.717, 1.165) is 25.9 Å². The van der Waals surface area contributed by atoms with Gasteiger partial charge in [-0.05, 0) is 73.5 Å². The van der Waals surface area contributed by atoms with Crippen LogP contribution in [0.15, 0.2) is 78.9 Å². The largest absolute Gasteiger partial charge is 0.366 e. The lowest BCUT2D eigenvalue weighted by Gasteiger charge is -2.36. The Labute approximate surface area is 181 Å². The number of hydrogen-bond donors (Lipinski definition) is 0. The number of nitrogens with zero attached hydrogens (tertiary/aromatic N) is 2. The molecule has 5 rings (SSSR count). The SMILES string of the molecule is Cc1cccc(N(CC2CCCN2Cc2ccccc2)C2Cc3ccccc3C2)c1. The van der Waals surface area contributed by atoms with E-state index in [1.807, 2.05) is 0 Å².